The number of halogens is 1. The number of hydrogen-bond acceptors (Lipinski definition) is 4. The summed E-state index contributed by atoms with van der Waals surface area (Å²) < 4.78 is 1.37. The Morgan fingerprint density at radius 2 is 1.52 bits per heavy atom. The van der Waals surface area contributed by atoms with Gasteiger partial charge < -0.3 is 10.6 Å². The summed E-state index contributed by atoms with van der Waals surface area (Å²) in [5.74, 6) is 0. The van der Waals surface area contributed by atoms with E-state index in [2.05, 4.69) is 40.0 Å². The van der Waals surface area contributed by atoms with Crippen LogP contribution in [0.2, 0.25) is 5.02 Å². The van der Waals surface area contributed by atoms with Crippen LogP contribution in [0.1, 0.15) is 5.56 Å². The van der Waals surface area contributed by atoms with Crippen molar-refractivity contribution in [3.05, 3.63) is 99.9 Å². The summed E-state index contributed by atoms with van der Waals surface area (Å²) in [6, 6.07) is 24.1. The fourth-order valence-corrected chi connectivity index (χ4v) is 3.44. The Labute approximate surface area is 174 Å². The van der Waals surface area contributed by atoms with Gasteiger partial charge in [0.05, 0.1) is 18.4 Å². The SMILES string of the molecule is O=c1c(Cl)c(NCCNc2cccc3ccccc23)cnn1Cc1ccccc1. The quantitative estimate of drug-likeness (QED) is 0.441. The largest absolute Gasteiger partial charge is 0.383 e. The van der Waals surface area contributed by atoms with Gasteiger partial charge in [0.1, 0.15) is 5.02 Å². The molecule has 0 aliphatic rings. The number of nitrogens with one attached hydrogen (secondary N) is 2. The number of nitrogens with zero attached hydrogens (tertiary/aromatic N) is 2. The zero-order chi connectivity index (χ0) is 20.1. The van der Waals surface area contributed by atoms with Crippen LogP contribution in [0.25, 0.3) is 10.8 Å². The molecule has 4 aromatic rings. The standard InChI is InChI=1S/C23H21ClN4O/c24-22-21(15-27-28(23(22)29)16-17-7-2-1-3-8-17)26-14-13-25-20-12-6-10-18-9-4-5-11-19(18)20/h1-12,15,25-26H,13-14,16H2. The van der Waals surface area contributed by atoms with E-state index in [0.29, 0.717) is 25.3 Å². The molecular weight excluding hydrogens is 384 g/mol. The molecule has 1 aromatic heterocycles. The molecule has 29 heavy (non-hydrogen) atoms. The van der Waals surface area contributed by atoms with Gasteiger partial charge in [-0.25, -0.2) is 4.68 Å². The molecule has 0 spiro atoms. The maximum atomic E-state index is 12.5. The topological polar surface area (TPSA) is 59.0 Å². The number of benzene rings is 3. The van der Waals surface area contributed by atoms with Gasteiger partial charge >= 0.3 is 0 Å². The Kier molecular flexibility index (Phi) is 5.77. The second kappa shape index (κ2) is 8.80. The summed E-state index contributed by atoms with van der Waals surface area (Å²) in [5, 5.41) is 13.4. The smallest absolute Gasteiger partial charge is 0.287 e. The first-order chi connectivity index (χ1) is 14.2. The average Bonchev–Trinajstić information content (AvgIpc) is 2.76. The molecule has 0 unspecified atom stereocenters. The Hall–Kier alpha value is -3.31. The van der Waals surface area contributed by atoms with E-state index in [1.54, 1.807) is 6.20 Å². The van der Waals surface area contributed by atoms with E-state index < -0.39 is 0 Å². The van der Waals surface area contributed by atoms with E-state index >= 15 is 0 Å². The molecule has 0 amide bonds. The third kappa shape index (κ3) is 4.41. The lowest BCUT2D eigenvalue weighted by Gasteiger charge is -2.12. The van der Waals surface area contributed by atoms with Crippen LogP contribution in [0.4, 0.5) is 11.4 Å². The van der Waals surface area contributed by atoms with Crippen molar-refractivity contribution in [3.8, 4) is 0 Å². The van der Waals surface area contributed by atoms with Gasteiger partial charge in [0.25, 0.3) is 5.56 Å². The van der Waals surface area contributed by atoms with Crippen molar-refractivity contribution in [2.24, 2.45) is 0 Å². The minimum atomic E-state index is -0.303. The molecule has 0 radical (unpaired) electrons. The maximum absolute atomic E-state index is 12.5. The maximum Gasteiger partial charge on any atom is 0.287 e. The minimum absolute atomic E-state index is 0.154. The van der Waals surface area contributed by atoms with E-state index in [4.69, 9.17) is 11.6 Å². The summed E-state index contributed by atoms with van der Waals surface area (Å²) in [5.41, 5.74) is 2.31. The van der Waals surface area contributed by atoms with E-state index in [1.807, 2.05) is 48.5 Å². The molecule has 5 nitrogen and oxygen atoms in total. The van der Waals surface area contributed by atoms with Gasteiger partial charge in [-0.15, -0.1) is 0 Å². The molecule has 0 atom stereocenters. The Balaban J connectivity index is 1.38. The molecule has 0 bridgehead atoms. The lowest BCUT2D eigenvalue weighted by Crippen LogP contribution is -2.25. The van der Waals surface area contributed by atoms with Crippen molar-refractivity contribution in [2.45, 2.75) is 6.54 Å². The van der Waals surface area contributed by atoms with E-state index in [-0.39, 0.29) is 10.6 Å². The van der Waals surface area contributed by atoms with Crippen molar-refractivity contribution < 1.29 is 0 Å². The van der Waals surface area contributed by atoms with Crippen molar-refractivity contribution in [3.63, 3.8) is 0 Å². The van der Waals surface area contributed by atoms with Gasteiger partial charge in [0.2, 0.25) is 0 Å². The fourth-order valence-electron chi connectivity index (χ4n) is 3.23. The Morgan fingerprint density at radius 3 is 2.34 bits per heavy atom. The first-order valence-corrected chi connectivity index (χ1v) is 9.85. The van der Waals surface area contributed by atoms with Crippen LogP contribution in [-0.4, -0.2) is 22.9 Å². The summed E-state index contributed by atoms with van der Waals surface area (Å²) >= 11 is 6.28. The third-order valence-electron chi connectivity index (χ3n) is 4.71. The molecule has 6 heteroatoms. The zero-order valence-electron chi connectivity index (χ0n) is 15.8. The number of aromatic nitrogens is 2. The third-order valence-corrected chi connectivity index (χ3v) is 5.07. The second-order valence-corrected chi connectivity index (χ2v) is 7.08. The van der Waals surface area contributed by atoms with Gasteiger partial charge in [0, 0.05) is 24.2 Å². The number of fused-ring (bicyclic) bond motifs is 1. The van der Waals surface area contributed by atoms with Crippen LogP contribution in [0.5, 0.6) is 0 Å². The number of anilines is 2. The Bertz CT molecular complexity index is 1170. The summed E-state index contributed by atoms with van der Waals surface area (Å²) in [6.07, 6.45) is 1.60. The molecule has 1 heterocycles. The molecule has 4 rings (SSSR count). The highest BCUT2D eigenvalue weighted by Crippen LogP contribution is 2.22. The predicted molar refractivity (Wildman–Crippen MR) is 120 cm³/mol. The van der Waals surface area contributed by atoms with Gasteiger partial charge in [-0.2, -0.15) is 5.10 Å². The van der Waals surface area contributed by atoms with Gasteiger partial charge in [-0.1, -0.05) is 78.3 Å². The highest BCUT2D eigenvalue weighted by Gasteiger charge is 2.09. The molecule has 0 aliphatic carbocycles. The lowest BCUT2D eigenvalue weighted by atomic mass is 10.1. The number of rotatable bonds is 7. The Morgan fingerprint density at radius 1 is 0.828 bits per heavy atom. The summed E-state index contributed by atoms with van der Waals surface area (Å²) in [7, 11) is 0. The summed E-state index contributed by atoms with van der Waals surface area (Å²) in [6.45, 7) is 1.67. The van der Waals surface area contributed by atoms with Crippen LogP contribution in [0, 0.1) is 0 Å². The fraction of sp³-hybridized carbons (Fsp3) is 0.130. The van der Waals surface area contributed by atoms with E-state index in [0.717, 1.165) is 11.3 Å². The number of hydrogen-bond donors (Lipinski definition) is 2. The zero-order valence-corrected chi connectivity index (χ0v) is 16.6. The molecular formula is C23H21ClN4O. The summed E-state index contributed by atoms with van der Waals surface area (Å²) in [4.78, 5) is 12.5. The van der Waals surface area contributed by atoms with Crippen molar-refractivity contribution in [1.29, 1.82) is 0 Å². The van der Waals surface area contributed by atoms with Crippen molar-refractivity contribution in [2.75, 3.05) is 23.7 Å². The lowest BCUT2D eigenvalue weighted by molar-refractivity contribution is 0.640. The average molecular weight is 405 g/mol. The molecule has 2 N–H and O–H groups in total. The van der Waals surface area contributed by atoms with Crippen molar-refractivity contribution in [1.82, 2.24) is 9.78 Å². The van der Waals surface area contributed by atoms with E-state index in [1.165, 1.54) is 15.5 Å². The first kappa shape index (κ1) is 19.0. The molecule has 0 saturated heterocycles. The molecule has 3 aromatic carbocycles. The highest BCUT2D eigenvalue weighted by molar-refractivity contribution is 6.32. The van der Waals surface area contributed by atoms with Gasteiger partial charge in [0.15, 0.2) is 0 Å². The molecule has 0 fully saturated rings. The predicted octanol–water partition coefficient (Wildman–Crippen LogP) is 4.62. The molecule has 0 aliphatic heterocycles. The van der Waals surface area contributed by atoms with Crippen LogP contribution in [0.3, 0.4) is 0 Å². The minimum Gasteiger partial charge on any atom is -0.383 e. The van der Waals surface area contributed by atoms with Gasteiger partial charge in [-0.3, -0.25) is 4.79 Å². The van der Waals surface area contributed by atoms with Crippen LogP contribution in [-0.2, 0) is 6.54 Å². The second-order valence-electron chi connectivity index (χ2n) is 6.70. The monoisotopic (exact) mass is 404 g/mol. The first-order valence-electron chi connectivity index (χ1n) is 9.47. The van der Waals surface area contributed by atoms with Crippen molar-refractivity contribution >= 4 is 33.7 Å². The van der Waals surface area contributed by atoms with E-state index in [9.17, 15) is 4.79 Å². The van der Waals surface area contributed by atoms with Gasteiger partial charge in [-0.05, 0) is 17.0 Å². The van der Waals surface area contributed by atoms with Crippen LogP contribution >= 0.6 is 11.6 Å². The highest BCUT2D eigenvalue weighted by atomic mass is 35.5. The molecule has 0 saturated carbocycles. The van der Waals surface area contributed by atoms with Crippen LogP contribution < -0.4 is 16.2 Å². The molecule has 146 valence electrons. The van der Waals surface area contributed by atoms with Crippen LogP contribution in [0.15, 0.2) is 83.8 Å². The normalized spacial score (nSPS) is 10.8.